The average molecular weight is 129 g/mol. The SMILES string of the molecule is CCCC(=O)N=C=S. The van der Waals surface area contributed by atoms with Crippen LogP contribution in [-0.2, 0) is 4.79 Å². The van der Waals surface area contributed by atoms with Crippen LogP contribution < -0.4 is 0 Å². The van der Waals surface area contributed by atoms with Gasteiger partial charge in [-0.25, -0.2) is 0 Å². The van der Waals surface area contributed by atoms with Gasteiger partial charge in [0.2, 0.25) is 0 Å². The van der Waals surface area contributed by atoms with E-state index >= 15 is 0 Å². The van der Waals surface area contributed by atoms with Crippen LogP contribution in [0, 0.1) is 0 Å². The van der Waals surface area contributed by atoms with E-state index in [0.717, 1.165) is 6.42 Å². The fourth-order valence-corrected chi connectivity index (χ4v) is 0.422. The summed E-state index contributed by atoms with van der Waals surface area (Å²) in [6.45, 7) is 1.91. The molecule has 0 saturated heterocycles. The molecule has 44 valence electrons. The van der Waals surface area contributed by atoms with Crippen LogP contribution in [-0.4, -0.2) is 11.1 Å². The van der Waals surface area contributed by atoms with Crippen molar-refractivity contribution >= 4 is 23.3 Å². The first-order chi connectivity index (χ1) is 3.81. The monoisotopic (exact) mass is 129 g/mol. The average Bonchev–Trinajstić information content (AvgIpc) is 1.68. The van der Waals surface area contributed by atoms with Crippen molar-refractivity contribution in [2.45, 2.75) is 19.8 Å². The lowest BCUT2D eigenvalue weighted by Crippen LogP contribution is -1.88. The zero-order chi connectivity index (χ0) is 6.41. The Morgan fingerprint density at radius 3 is 2.88 bits per heavy atom. The maximum atomic E-state index is 10.3. The number of carbonyl (C=O) groups excluding carboxylic acids is 1. The second-order valence-electron chi connectivity index (χ2n) is 1.35. The van der Waals surface area contributed by atoms with E-state index in [4.69, 9.17) is 0 Å². The zero-order valence-corrected chi connectivity index (χ0v) is 5.49. The maximum absolute atomic E-state index is 10.3. The zero-order valence-electron chi connectivity index (χ0n) is 4.68. The third-order valence-electron chi connectivity index (χ3n) is 0.634. The minimum Gasteiger partial charge on any atom is -0.272 e. The summed E-state index contributed by atoms with van der Waals surface area (Å²) >= 11 is 4.20. The Balaban J connectivity index is 3.49. The standard InChI is InChI=1S/C5H7NOS/c1-2-3-5(7)6-4-8/h2-3H2,1H3. The molecular weight excluding hydrogens is 122 g/mol. The molecular formula is C5H7NOS. The third-order valence-corrected chi connectivity index (χ3v) is 0.725. The minimum absolute atomic E-state index is 0.178. The smallest absolute Gasteiger partial charge is 0.254 e. The first-order valence-corrected chi connectivity index (χ1v) is 2.82. The van der Waals surface area contributed by atoms with Crippen LogP contribution in [0.5, 0.6) is 0 Å². The van der Waals surface area contributed by atoms with Gasteiger partial charge in [0.15, 0.2) is 0 Å². The van der Waals surface area contributed by atoms with Gasteiger partial charge in [0.1, 0.15) is 0 Å². The number of amides is 1. The number of rotatable bonds is 2. The maximum Gasteiger partial charge on any atom is 0.254 e. The Hall–Kier alpha value is -0.530. The summed E-state index contributed by atoms with van der Waals surface area (Å²) in [7, 11) is 0. The molecule has 0 radical (unpaired) electrons. The van der Waals surface area contributed by atoms with Crippen molar-refractivity contribution in [2.75, 3.05) is 0 Å². The summed E-state index contributed by atoms with van der Waals surface area (Å²) < 4.78 is 0. The number of aliphatic imine (C=N–C) groups is 1. The van der Waals surface area contributed by atoms with Gasteiger partial charge in [-0.15, -0.1) is 0 Å². The highest BCUT2D eigenvalue weighted by Crippen LogP contribution is 1.87. The van der Waals surface area contributed by atoms with Crippen molar-refractivity contribution in [3.63, 3.8) is 0 Å². The molecule has 0 aliphatic rings. The molecule has 0 saturated carbocycles. The fourth-order valence-electron chi connectivity index (χ4n) is 0.321. The predicted octanol–water partition coefficient (Wildman–Crippen LogP) is 1.42. The van der Waals surface area contributed by atoms with Gasteiger partial charge in [-0.3, -0.25) is 4.79 Å². The van der Waals surface area contributed by atoms with Crippen LogP contribution in [0.1, 0.15) is 19.8 Å². The quantitative estimate of drug-likeness (QED) is 0.417. The molecule has 3 heteroatoms. The van der Waals surface area contributed by atoms with Gasteiger partial charge in [0.25, 0.3) is 5.91 Å². The number of isothiocyanates is 1. The van der Waals surface area contributed by atoms with Crippen molar-refractivity contribution in [3.05, 3.63) is 0 Å². The molecule has 1 amide bonds. The predicted molar refractivity (Wildman–Crippen MR) is 34.9 cm³/mol. The molecule has 0 unspecified atom stereocenters. The number of hydrogen-bond acceptors (Lipinski definition) is 2. The van der Waals surface area contributed by atoms with E-state index < -0.39 is 0 Å². The van der Waals surface area contributed by atoms with Crippen LogP contribution in [0.3, 0.4) is 0 Å². The van der Waals surface area contributed by atoms with Gasteiger partial charge in [0.05, 0.1) is 5.16 Å². The van der Waals surface area contributed by atoms with Gasteiger partial charge in [0, 0.05) is 6.42 Å². The van der Waals surface area contributed by atoms with Crippen molar-refractivity contribution < 1.29 is 4.79 Å². The highest BCUT2D eigenvalue weighted by atomic mass is 32.1. The highest BCUT2D eigenvalue weighted by molar-refractivity contribution is 7.78. The largest absolute Gasteiger partial charge is 0.272 e. The van der Waals surface area contributed by atoms with E-state index in [2.05, 4.69) is 17.2 Å². The lowest BCUT2D eigenvalue weighted by Gasteiger charge is -1.81. The Morgan fingerprint density at radius 1 is 1.88 bits per heavy atom. The molecule has 0 fully saturated rings. The van der Waals surface area contributed by atoms with Crippen LogP contribution >= 0.6 is 12.2 Å². The van der Waals surface area contributed by atoms with Gasteiger partial charge >= 0.3 is 0 Å². The second-order valence-corrected chi connectivity index (χ2v) is 1.53. The first kappa shape index (κ1) is 7.47. The molecule has 0 N–H and O–H groups in total. The molecule has 8 heavy (non-hydrogen) atoms. The molecule has 0 heterocycles. The van der Waals surface area contributed by atoms with Gasteiger partial charge in [-0.1, -0.05) is 6.92 Å². The third kappa shape index (κ3) is 3.65. The Bertz CT molecular complexity index is 126. The normalized spacial score (nSPS) is 7.62. The molecule has 0 aliphatic carbocycles. The molecule has 0 aromatic rings. The van der Waals surface area contributed by atoms with E-state index in [1.807, 2.05) is 12.1 Å². The molecule has 0 aromatic heterocycles. The van der Waals surface area contributed by atoms with Crippen LogP contribution in [0.15, 0.2) is 4.99 Å². The summed E-state index contributed by atoms with van der Waals surface area (Å²) in [6.07, 6.45) is 1.29. The van der Waals surface area contributed by atoms with E-state index in [-0.39, 0.29) is 5.91 Å². The molecule has 0 aromatic carbocycles. The minimum atomic E-state index is -0.178. The van der Waals surface area contributed by atoms with Gasteiger partial charge < -0.3 is 0 Å². The second kappa shape index (κ2) is 4.62. The molecule has 0 atom stereocenters. The molecule has 0 bridgehead atoms. The number of carbonyl (C=O) groups is 1. The summed E-state index contributed by atoms with van der Waals surface area (Å²) in [6, 6.07) is 0. The summed E-state index contributed by atoms with van der Waals surface area (Å²) in [5, 5.41) is 2.01. The van der Waals surface area contributed by atoms with Crippen molar-refractivity contribution in [1.29, 1.82) is 0 Å². The fraction of sp³-hybridized carbons (Fsp3) is 0.600. The van der Waals surface area contributed by atoms with Crippen molar-refractivity contribution in [1.82, 2.24) is 0 Å². The molecule has 0 spiro atoms. The van der Waals surface area contributed by atoms with Crippen molar-refractivity contribution in [3.8, 4) is 0 Å². The lowest BCUT2D eigenvalue weighted by molar-refractivity contribution is -0.117. The summed E-state index contributed by atoms with van der Waals surface area (Å²) in [4.78, 5) is 13.6. The van der Waals surface area contributed by atoms with E-state index in [1.54, 1.807) is 0 Å². The Morgan fingerprint density at radius 2 is 2.50 bits per heavy atom. The molecule has 0 rings (SSSR count). The topological polar surface area (TPSA) is 29.4 Å². The molecule has 0 aliphatic heterocycles. The van der Waals surface area contributed by atoms with Gasteiger partial charge in [-0.05, 0) is 18.6 Å². The lowest BCUT2D eigenvalue weighted by atomic mass is 10.3. The Labute approximate surface area is 53.6 Å². The Kier molecular flexibility index (Phi) is 4.32. The van der Waals surface area contributed by atoms with Crippen LogP contribution in [0.2, 0.25) is 0 Å². The van der Waals surface area contributed by atoms with E-state index in [9.17, 15) is 4.79 Å². The number of hydrogen-bond donors (Lipinski definition) is 0. The first-order valence-electron chi connectivity index (χ1n) is 2.42. The number of thiocarbonyl (C=S) groups is 1. The number of nitrogens with zero attached hydrogens (tertiary/aromatic N) is 1. The van der Waals surface area contributed by atoms with Crippen molar-refractivity contribution in [2.24, 2.45) is 4.99 Å². The summed E-state index contributed by atoms with van der Waals surface area (Å²) in [5.41, 5.74) is 0. The van der Waals surface area contributed by atoms with Crippen LogP contribution in [0.25, 0.3) is 0 Å². The van der Waals surface area contributed by atoms with E-state index in [1.165, 1.54) is 0 Å². The van der Waals surface area contributed by atoms with Gasteiger partial charge in [-0.2, -0.15) is 4.99 Å². The molecule has 2 nitrogen and oxygen atoms in total. The van der Waals surface area contributed by atoms with E-state index in [0.29, 0.717) is 6.42 Å². The summed E-state index contributed by atoms with van der Waals surface area (Å²) in [5.74, 6) is -0.178. The highest BCUT2D eigenvalue weighted by Gasteiger charge is 1.91. The van der Waals surface area contributed by atoms with Crippen LogP contribution in [0.4, 0.5) is 0 Å².